The summed E-state index contributed by atoms with van der Waals surface area (Å²) < 4.78 is 0. The largest absolute Gasteiger partial charge is 0.348 e. The molecule has 1 N–H and O–H groups in total. The second-order valence-corrected chi connectivity index (χ2v) is 7.50. The first-order chi connectivity index (χ1) is 12.0. The minimum atomic E-state index is 0.0468. The van der Waals surface area contributed by atoms with E-state index in [1.165, 1.54) is 30.4 Å². The summed E-state index contributed by atoms with van der Waals surface area (Å²) in [5.41, 5.74) is 5.48. The minimum Gasteiger partial charge on any atom is -0.348 e. The molecule has 1 aromatic rings. The van der Waals surface area contributed by atoms with Crippen molar-refractivity contribution in [3.05, 3.63) is 58.2 Å². The smallest absolute Gasteiger partial charge is 0.252 e. The van der Waals surface area contributed by atoms with E-state index < -0.39 is 0 Å². The van der Waals surface area contributed by atoms with E-state index in [0.717, 1.165) is 36.2 Å². The Kier molecular flexibility index (Phi) is 5.74. The van der Waals surface area contributed by atoms with E-state index in [4.69, 9.17) is 0 Å². The van der Waals surface area contributed by atoms with Gasteiger partial charge in [-0.1, -0.05) is 35.9 Å². The van der Waals surface area contributed by atoms with E-state index in [0.29, 0.717) is 12.6 Å². The number of amides is 1. The molecule has 3 nitrogen and oxygen atoms in total. The number of nitrogens with one attached hydrogen (secondary N) is 1. The lowest BCUT2D eigenvalue weighted by atomic mass is 9.98. The van der Waals surface area contributed by atoms with E-state index in [1.54, 1.807) is 0 Å². The third-order valence-electron chi connectivity index (χ3n) is 5.33. The molecular weight excluding hydrogens is 308 g/mol. The summed E-state index contributed by atoms with van der Waals surface area (Å²) in [4.78, 5) is 15.2. The van der Waals surface area contributed by atoms with E-state index in [9.17, 15) is 4.79 Å². The van der Waals surface area contributed by atoms with E-state index in [1.807, 2.05) is 13.8 Å². The number of hydrogen-bond acceptors (Lipinski definition) is 2. The molecule has 3 heteroatoms. The lowest BCUT2D eigenvalue weighted by molar-refractivity contribution is 0.0954. The van der Waals surface area contributed by atoms with Crippen molar-refractivity contribution < 1.29 is 4.79 Å². The van der Waals surface area contributed by atoms with Gasteiger partial charge in [0.15, 0.2) is 0 Å². The number of carbonyl (C=O) groups excluding carboxylic acids is 1. The molecule has 0 saturated carbocycles. The number of benzene rings is 1. The first-order valence-corrected chi connectivity index (χ1v) is 9.49. The van der Waals surface area contributed by atoms with Gasteiger partial charge in [0, 0.05) is 31.2 Å². The van der Waals surface area contributed by atoms with Crippen LogP contribution in [0.25, 0.3) is 0 Å². The summed E-state index contributed by atoms with van der Waals surface area (Å²) >= 11 is 0. The topological polar surface area (TPSA) is 32.3 Å². The molecule has 0 radical (unpaired) electrons. The highest BCUT2D eigenvalue weighted by Crippen LogP contribution is 2.21. The Labute approximate surface area is 151 Å². The number of aryl methyl sites for hydroxylation is 3. The van der Waals surface area contributed by atoms with Gasteiger partial charge in [-0.05, 0) is 63.2 Å². The molecule has 1 aliphatic heterocycles. The molecule has 1 aromatic carbocycles. The van der Waals surface area contributed by atoms with Crippen LogP contribution in [0.3, 0.4) is 0 Å². The van der Waals surface area contributed by atoms with Crippen molar-refractivity contribution >= 4 is 5.91 Å². The Balaban J connectivity index is 1.60. The van der Waals surface area contributed by atoms with E-state index in [-0.39, 0.29) is 5.91 Å². The highest BCUT2D eigenvalue weighted by molar-refractivity contribution is 5.97. The molecule has 1 atom stereocenters. The van der Waals surface area contributed by atoms with Crippen LogP contribution >= 0.6 is 0 Å². The molecular formula is C22H30N2O. The van der Waals surface area contributed by atoms with Crippen LogP contribution in [-0.4, -0.2) is 36.5 Å². The van der Waals surface area contributed by atoms with E-state index >= 15 is 0 Å². The Morgan fingerprint density at radius 2 is 1.96 bits per heavy atom. The molecule has 1 aliphatic carbocycles. The molecule has 0 saturated heterocycles. The summed E-state index contributed by atoms with van der Waals surface area (Å²) in [5, 5.41) is 3.14. The predicted octanol–water partition coefficient (Wildman–Crippen LogP) is 4.08. The first kappa shape index (κ1) is 17.9. The zero-order valence-corrected chi connectivity index (χ0v) is 15.8. The van der Waals surface area contributed by atoms with Crippen LogP contribution in [0.1, 0.15) is 52.7 Å². The van der Waals surface area contributed by atoms with Crippen LogP contribution in [0.5, 0.6) is 0 Å². The summed E-state index contributed by atoms with van der Waals surface area (Å²) in [6.07, 6.45) is 11.8. The van der Waals surface area contributed by atoms with Gasteiger partial charge in [0.2, 0.25) is 0 Å². The number of carbonyl (C=O) groups is 1. The van der Waals surface area contributed by atoms with Crippen LogP contribution in [0.4, 0.5) is 0 Å². The summed E-state index contributed by atoms with van der Waals surface area (Å²) in [6, 6.07) is 4.74. The average molecular weight is 338 g/mol. The van der Waals surface area contributed by atoms with Crippen LogP contribution < -0.4 is 5.32 Å². The summed E-state index contributed by atoms with van der Waals surface area (Å²) in [7, 11) is 0. The number of hydrogen-bond donors (Lipinski definition) is 1. The maximum atomic E-state index is 12.7. The quantitative estimate of drug-likeness (QED) is 0.839. The van der Waals surface area contributed by atoms with Crippen molar-refractivity contribution in [2.75, 3.05) is 19.6 Å². The highest BCUT2D eigenvalue weighted by atomic mass is 16.1. The predicted molar refractivity (Wildman–Crippen MR) is 104 cm³/mol. The van der Waals surface area contributed by atoms with Gasteiger partial charge in [0.05, 0.1) is 0 Å². The SMILES string of the molecule is Cc1cc(C)c(C(=O)NCC2=CCCN([C@@H]3C=CCCC3)C2)c(C)c1. The second kappa shape index (κ2) is 8.01. The molecule has 0 spiro atoms. The fourth-order valence-corrected chi connectivity index (χ4v) is 4.17. The Hall–Kier alpha value is -1.87. The molecule has 25 heavy (non-hydrogen) atoms. The zero-order chi connectivity index (χ0) is 17.8. The lowest BCUT2D eigenvalue weighted by Crippen LogP contribution is -2.41. The van der Waals surface area contributed by atoms with Gasteiger partial charge in [-0.2, -0.15) is 0 Å². The molecule has 0 fully saturated rings. The molecule has 0 bridgehead atoms. The van der Waals surface area contributed by atoms with Crippen molar-refractivity contribution in [3.8, 4) is 0 Å². The van der Waals surface area contributed by atoms with Crippen molar-refractivity contribution in [1.29, 1.82) is 0 Å². The van der Waals surface area contributed by atoms with Crippen molar-refractivity contribution in [1.82, 2.24) is 10.2 Å². The third-order valence-corrected chi connectivity index (χ3v) is 5.33. The zero-order valence-electron chi connectivity index (χ0n) is 15.8. The van der Waals surface area contributed by atoms with Crippen molar-refractivity contribution in [2.45, 2.75) is 52.5 Å². The fraction of sp³-hybridized carbons (Fsp3) is 0.500. The third kappa shape index (κ3) is 4.40. The maximum Gasteiger partial charge on any atom is 0.252 e. The van der Waals surface area contributed by atoms with Gasteiger partial charge in [-0.3, -0.25) is 9.69 Å². The maximum absolute atomic E-state index is 12.7. The van der Waals surface area contributed by atoms with Crippen molar-refractivity contribution in [2.24, 2.45) is 0 Å². The Morgan fingerprint density at radius 3 is 2.64 bits per heavy atom. The van der Waals surface area contributed by atoms with Gasteiger partial charge >= 0.3 is 0 Å². The normalized spacial score (nSPS) is 21.1. The number of allylic oxidation sites excluding steroid dienone is 1. The highest BCUT2D eigenvalue weighted by Gasteiger charge is 2.21. The standard InChI is InChI=1S/C22H30N2O/c1-16-12-17(2)21(18(3)13-16)22(25)23-14-19-8-7-11-24(15-19)20-9-5-4-6-10-20/h5,8-9,12-13,20H,4,6-7,10-11,14-15H2,1-3H3,(H,23,25)/t20-/m1/s1. The molecule has 3 rings (SSSR count). The Morgan fingerprint density at radius 1 is 1.20 bits per heavy atom. The number of nitrogens with zero attached hydrogens (tertiary/aromatic N) is 1. The number of rotatable bonds is 4. The first-order valence-electron chi connectivity index (χ1n) is 9.49. The fourth-order valence-electron chi connectivity index (χ4n) is 4.17. The molecule has 0 unspecified atom stereocenters. The van der Waals surface area contributed by atoms with Gasteiger partial charge in [0.25, 0.3) is 5.91 Å². The molecule has 2 aliphatic rings. The van der Waals surface area contributed by atoms with Crippen LogP contribution in [0.15, 0.2) is 35.9 Å². The minimum absolute atomic E-state index is 0.0468. The Bertz CT molecular complexity index is 679. The average Bonchev–Trinajstić information content (AvgIpc) is 2.60. The molecule has 1 heterocycles. The van der Waals surface area contributed by atoms with Gasteiger partial charge in [-0.25, -0.2) is 0 Å². The molecule has 134 valence electrons. The summed E-state index contributed by atoms with van der Waals surface area (Å²) in [6.45, 7) is 8.86. The molecule has 1 amide bonds. The van der Waals surface area contributed by atoms with Crippen LogP contribution in [0, 0.1) is 20.8 Å². The monoisotopic (exact) mass is 338 g/mol. The molecule has 0 aromatic heterocycles. The van der Waals surface area contributed by atoms with Gasteiger partial charge in [0.1, 0.15) is 0 Å². The van der Waals surface area contributed by atoms with Crippen LogP contribution in [0.2, 0.25) is 0 Å². The lowest BCUT2D eigenvalue weighted by Gasteiger charge is -2.34. The van der Waals surface area contributed by atoms with Gasteiger partial charge < -0.3 is 5.32 Å². The second-order valence-electron chi connectivity index (χ2n) is 7.50. The van der Waals surface area contributed by atoms with Gasteiger partial charge in [-0.15, -0.1) is 0 Å². The van der Waals surface area contributed by atoms with E-state index in [2.05, 4.69) is 47.5 Å². The summed E-state index contributed by atoms with van der Waals surface area (Å²) in [5.74, 6) is 0.0468. The van der Waals surface area contributed by atoms with Crippen molar-refractivity contribution in [3.63, 3.8) is 0 Å². The van der Waals surface area contributed by atoms with Crippen LogP contribution in [-0.2, 0) is 0 Å².